The molecular formula is C36H53I6O3V-. The molecule has 0 N–H and O–H groups in total. The number of methoxy groups -OCH3 is 2. The molecule has 0 bridgehead atoms. The average Bonchev–Trinajstić information content (AvgIpc) is 2.99. The van der Waals surface area contributed by atoms with Crippen molar-refractivity contribution in [2.45, 2.75) is 91.8 Å². The van der Waals surface area contributed by atoms with Gasteiger partial charge in [-0.05, 0) is 44.8 Å². The van der Waals surface area contributed by atoms with Crippen LogP contribution in [0.2, 0.25) is 0 Å². The maximum atomic E-state index is 10.4. The van der Waals surface area contributed by atoms with Crippen molar-refractivity contribution in [3.8, 4) is 0 Å². The summed E-state index contributed by atoms with van der Waals surface area (Å²) in [6.07, 6.45) is 0.603. The summed E-state index contributed by atoms with van der Waals surface area (Å²) in [7, 11) is 3.92. The molecule has 0 fully saturated rings. The van der Waals surface area contributed by atoms with Gasteiger partial charge < -0.3 is 9.47 Å². The summed E-state index contributed by atoms with van der Waals surface area (Å²) < 4.78 is 10.4. The van der Waals surface area contributed by atoms with E-state index in [2.05, 4.69) is 218 Å². The van der Waals surface area contributed by atoms with Crippen molar-refractivity contribution in [1.29, 1.82) is 0 Å². The van der Waals surface area contributed by atoms with Gasteiger partial charge in [-0.1, -0.05) is 163 Å². The number of carbonyl (C=O) groups excluding carboxylic acids is 1. The second-order valence-corrected chi connectivity index (χ2v) is 40.9. The van der Waals surface area contributed by atoms with Crippen molar-refractivity contribution in [1.82, 2.24) is 0 Å². The third-order valence-corrected chi connectivity index (χ3v) is 6.31. The van der Waals surface area contributed by atoms with Crippen molar-refractivity contribution in [2.75, 3.05) is 19.2 Å². The molecule has 46 heavy (non-hydrogen) atoms. The van der Waals surface area contributed by atoms with Gasteiger partial charge in [0.15, 0.2) is 6.29 Å². The van der Waals surface area contributed by atoms with E-state index < -0.39 is 0 Å². The first kappa shape index (κ1) is 52.6. The van der Waals surface area contributed by atoms with Gasteiger partial charge in [0.1, 0.15) is 6.29 Å². The normalized spacial score (nSPS) is 10.6. The summed E-state index contributed by atoms with van der Waals surface area (Å²) in [5.74, 6) is 0. The SMILES string of the molecule is CC(C)(C)c1ccc(C=O)cc1.CI.COC(OC)c1ccc(C(C)(C)C)cc1.Cc1ccc(C(C)(C)C)cc1.I[I-]I.[I][V][I]. The molecule has 0 aliphatic carbocycles. The van der Waals surface area contributed by atoms with E-state index in [9.17, 15) is 4.79 Å². The van der Waals surface area contributed by atoms with Crippen LogP contribution < -0.4 is 13.3 Å². The number of carbonyl (C=O) groups is 1. The molecule has 3 aromatic carbocycles. The Bertz CT molecular complexity index is 1130. The number of aldehydes is 1. The monoisotopic (exact) mass is 1350 g/mol. The van der Waals surface area contributed by atoms with Gasteiger partial charge in [0.05, 0.1) is 0 Å². The van der Waals surface area contributed by atoms with E-state index in [-0.39, 0.29) is 22.5 Å². The molecule has 3 aromatic rings. The Morgan fingerprint density at radius 1 is 0.630 bits per heavy atom. The van der Waals surface area contributed by atoms with E-state index in [1.165, 1.54) is 22.3 Å². The Morgan fingerprint density at radius 3 is 1.13 bits per heavy atom. The van der Waals surface area contributed by atoms with Gasteiger partial charge in [0.2, 0.25) is 0 Å². The first-order valence-corrected chi connectivity index (χ1v) is 38.1. The third-order valence-electron chi connectivity index (χ3n) is 6.31. The van der Waals surface area contributed by atoms with Crippen LogP contribution >= 0.6 is 99.8 Å². The zero-order valence-electron chi connectivity index (χ0n) is 29.5. The van der Waals surface area contributed by atoms with Crippen molar-refractivity contribution in [3.05, 3.63) is 106 Å². The third kappa shape index (κ3) is 26.1. The number of hydrogen-bond acceptors (Lipinski definition) is 3. The molecular weight excluding hydrogens is 1290 g/mol. The fourth-order valence-corrected chi connectivity index (χ4v) is 3.62. The van der Waals surface area contributed by atoms with Gasteiger partial charge in [-0.3, -0.25) is 4.79 Å². The van der Waals surface area contributed by atoms with Crippen molar-refractivity contribution < 1.29 is 37.0 Å². The second-order valence-electron chi connectivity index (χ2n) is 12.9. The van der Waals surface area contributed by atoms with Gasteiger partial charge in [-0.2, -0.15) is 0 Å². The number of aryl methyl sites for hydroxylation is 1. The van der Waals surface area contributed by atoms with Crippen LogP contribution in [0.4, 0.5) is 0 Å². The Balaban J connectivity index is -0.000000545. The van der Waals surface area contributed by atoms with Crippen molar-refractivity contribution in [2.24, 2.45) is 0 Å². The Kier molecular flexibility index (Phi) is 34.0. The van der Waals surface area contributed by atoms with E-state index in [0.29, 0.717) is 22.7 Å². The van der Waals surface area contributed by atoms with Gasteiger partial charge in [0.25, 0.3) is 0 Å². The predicted octanol–water partition coefficient (Wildman–Crippen LogP) is 11.0. The van der Waals surface area contributed by atoms with E-state index in [1.54, 1.807) is 14.2 Å². The van der Waals surface area contributed by atoms with Crippen molar-refractivity contribution in [3.63, 3.8) is 0 Å². The maximum absolute atomic E-state index is 10.4. The quantitative estimate of drug-likeness (QED) is 0.113. The van der Waals surface area contributed by atoms with Crippen LogP contribution in [0.1, 0.15) is 107 Å². The number of halogens is 6. The van der Waals surface area contributed by atoms with Crippen LogP contribution in [-0.2, 0) is 35.2 Å². The summed E-state index contributed by atoms with van der Waals surface area (Å²) in [5, 5.41) is 0. The summed E-state index contributed by atoms with van der Waals surface area (Å²) in [6, 6.07) is 24.8. The molecule has 0 radical (unpaired) electrons. The van der Waals surface area contributed by atoms with E-state index in [1.807, 2.05) is 29.2 Å². The Hall–Kier alpha value is 2.21. The predicted molar refractivity (Wildman–Crippen MR) is 238 cm³/mol. The molecule has 0 aliphatic heterocycles. The minimum absolute atomic E-state index is 0.168. The van der Waals surface area contributed by atoms with Crippen LogP contribution in [0.3, 0.4) is 0 Å². The molecule has 3 rings (SSSR count). The second kappa shape index (κ2) is 29.8. The minimum atomic E-state index is -0.265. The van der Waals surface area contributed by atoms with Crippen LogP contribution in [0.15, 0.2) is 72.8 Å². The molecule has 0 amide bonds. The Labute approximate surface area is 354 Å². The molecule has 0 saturated carbocycles. The number of alkyl halides is 1. The molecule has 0 spiro atoms. The van der Waals surface area contributed by atoms with Gasteiger partial charge in [-0.15, -0.1) is 0 Å². The molecule has 0 heterocycles. The van der Waals surface area contributed by atoms with E-state index in [0.717, 1.165) is 17.4 Å². The number of ether oxygens (including phenoxy) is 2. The summed E-state index contributed by atoms with van der Waals surface area (Å²) in [6.45, 7) is 21.9. The van der Waals surface area contributed by atoms with Gasteiger partial charge in [0, 0.05) is 25.3 Å². The number of benzene rings is 3. The molecule has 0 aliphatic rings. The Morgan fingerprint density at radius 2 is 0.891 bits per heavy atom. The zero-order chi connectivity index (χ0) is 36.6. The zero-order valence-corrected chi connectivity index (χ0v) is 43.9. The van der Waals surface area contributed by atoms with E-state index >= 15 is 0 Å². The fraction of sp³-hybridized carbons (Fsp3) is 0.472. The molecule has 3 nitrogen and oxygen atoms in total. The van der Waals surface area contributed by atoms with Crippen LogP contribution in [0.5, 0.6) is 0 Å². The standard InChI is InChI=1S/C13H20O2.C11H14O.C11H16.CH3I.I3.2HI.V/c1-13(2,3)11-8-6-10(7-9-11)12(14-4)15-5;1-11(2,3)10-6-4-9(8-12)5-7-10;1-9-5-7-10(8-6-9)11(2,3)4;1-2;1-3-2;;;/h6-9,12H,1-5H3;4-8H,1-3H3;5-8H,1-4H3;1H3;;2*1H;/q;;;;-1;;;+2/p-2. The molecule has 0 saturated heterocycles. The summed E-state index contributed by atoms with van der Waals surface area (Å²) >= 11 is 12.2. The summed E-state index contributed by atoms with van der Waals surface area (Å²) in [4.78, 5) is 12.3. The first-order valence-electron chi connectivity index (χ1n) is 14.3. The van der Waals surface area contributed by atoms with Crippen LogP contribution in [0, 0.1) is 6.92 Å². The topological polar surface area (TPSA) is 35.5 Å². The number of hydrogen-bond donors (Lipinski definition) is 0. The van der Waals surface area contributed by atoms with Crippen molar-refractivity contribution >= 4 is 106 Å². The molecule has 0 atom stereocenters. The number of rotatable bonds is 4. The van der Waals surface area contributed by atoms with Crippen LogP contribution in [-0.4, -0.2) is 25.4 Å². The fourth-order valence-electron chi connectivity index (χ4n) is 3.62. The molecule has 10 heteroatoms. The molecule has 263 valence electrons. The molecule has 0 aromatic heterocycles. The summed E-state index contributed by atoms with van der Waals surface area (Å²) in [5.41, 5.74) is 7.74. The van der Waals surface area contributed by atoms with E-state index in [4.69, 9.17) is 9.47 Å². The van der Waals surface area contributed by atoms with Gasteiger partial charge >= 0.3 is 99.9 Å². The van der Waals surface area contributed by atoms with Gasteiger partial charge in [-0.25, -0.2) is 0 Å². The van der Waals surface area contributed by atoms with Crippen LogP contribution in [0.25, 0.3) is 0 Å². The molecule has 0 unspecified atom stereocenters. The average molecular weight is 1350 g/mol. The first-order chi connectivity index (χ1) is 21.4.